The molecule has 19 heavy (non-hydrogen) atoms. The monoisotopic (exact) mass is 276 g/mol. The maximum absolute atomic E-state index is 5.36. The second-order valence-corrected chi connectivity index (χ2v) is 4.94. The largest absolute Gasteiger partial charge is 0.385 e. The summed E-state index contributed by atoms with van der Waals surface area (Å²) in [6.45, 7) is 1.79. The Balaban J connectivity index is 2.04. The van der Waals surface area contributed by atoms with Gasteiger partial charge in [-0.05, 0) is 37.0 Å². The molecule has 1 heterocycles. The smallest absolute Gasteiger partial charge is 0.177 e. The van der Waals surface area contributed by atoms with E-state index in [1.165, 1.54) is 5.56 Å². The van der Waals surface area contributed by atoms with Gasteiger partial charge in [0.15, 0.2) is 4.77 Å². The fourth-order valence-corrected chi connectivity index (χ4v) is 2.41. The molecule has 0 radical (unpaired) electrons. The molecule has 3 nitrogen and oxygen atoms in total. The highest BCUT2D eigenvalue weighted by Gasteiger charge is 2.05. The van der Waals surface area contributed by atoms with Crippen LogP contribution in [0.15, 0.2) is 36.5 Å². The van der Waals surface area contributed by atoms with E-state index < -0.39 is 0 Å². The molecule has 0 aliphatic heterocycles. The third kappa shape index (κ3) is 3.78. The van der Waals surface area contributed by atoms with E-state index in [2.05, 4.69) is 21.7 Å². The van der Waals surface area contributed by atoms with Gasteiger partial charge in [0.1, 0.15) is 0 Å². The number of aromatic nitrogens is 2. The van der Waals surface area contributed by atoms with Crippen molar-refractivity contribution in [1.82, 2.24) is 9.55 Å². The Morgan fingerprint density at radius 3 is 2.68 bits per heavy atom. The topological polar surface area (TPSA) is 29.9 Å². The van der Waals surface area contributed by atoms with Crippen molar-refractivity contribution in [3.8, 4) is 11.3 Å². The SMILES string of the molecule is COCCCCCn1c(-c2ccccc2)c[nH]c1=S. The number of nitrogens with zero attached hydrogens (tertiary/aromatic N) is 1. The van der Waals surface area contributed by atoms with Crippen LogP contribution in [0.25, 0.3) is 11.3 Å². The fourth-order valence-electron chi connectivity index (χ4n) is 2.16. The third-order valence-electron chi connectivity index (χ3n) is 3.17. The van der Waals surface area contributed by atoms with Gasteiger partial charge in [0.25, 0.3) is 0 Å². The summed E-state index contributed by atoms with van der Waals surface area (Å²) < 4.78 is 8.04. The molecule has 0 aliphatic rings. The molecule has 0 bridgehead atoms. The van der Waals surface area contributed by atoms with Crippen LogP contribution in [0.1, 0.15) is 19.3 Å². The van der Waals surface area contributed by atoms with E-state index in [1.54, 1.807) is 7.11 Å². The van der Waals surface area contributed by atoms with Crippen LogP contribution in [0.3, 0.4) is 0 Å². The number of aromatic amines is 1. The maximum Gasteiger partial charge on any atom is 0.177 e. The zero-order chi connectivity index (χ0) is 13.5. The van der Waals surface area contributed by atoms with Gasteiger partial charge in [-0.15, -0.1) is 0 Å². The summed E-state index contributed by atoms with van der Waals surface area (Å²) in [4.78, 5) is 3.14. The molecule has 2 rings (SSSR count). The Hall–Kier alpha value is -1.39. The molecule has 2 aromatic rings. The molecule has 0 saturated heterocycles. The molecule has 0 fully saturated rings. The van der Waals surface area contributed by atoms with Gasteiger partial charge in [0, 0.05) is 26.5 Å². The van der Waals surface area contributed by atoms with Crippen molar-refractivity contribution < 1.29 is 4.74 Å². The predicted molar refractivity (Wildman–Crippen MR) is 80.8 cm³/mol. The van der Waals surface area contributed by atoms with E-state index in [0.29, 0.717) is 0 Å². The molecule has 1 aromatic heterocycles. The lowest BCUT2D eigenvalue weighted by Gasteiger charge is -2.08. The number of benzene rings is 1. The van der Waals surface area contributed by atoms with Gasteiger partial charge in [0.2, 0.25) is 0 Å². The van der Waals surface area contributed by atoms with Crippen LogP contribution < -0.4 is 0 Å². The van der Waals surface area contributed by atoms with E-state index in [9.17, 15) is 0 Å². The average Bonchev–Trinajstić information content (AvgIpc) is 2.81. The van der Waals surface area contributed by atoms with Crippen LogP contribution in [0.5, 0.6) is 0 Å². The molecule has 0 saturated carbocycles. The lowest BCUT2D eigenvalue weighted by atomic mass is 10.1. The molecule has 0 spiro atoms. The number of imidazole rings is 1. The van der Waals surface area contributed by atoms with Crippen molar-refractivity contribution in [3.63, 3.8) is 0 Å². The number of H-pyrrole nitrogens is 1. The summed E-state index contributed by atoms with van der Waals surface area (Å²) in [7, 11) is 1.75. The summed E-state index contributed by atoms with van der Waals surface area (Å²) in [5.74, 6) is 0. The number of hydrogen-bond acceptors (Lipinski definition) is 2. The minimum absolute atomic E-state index is 0.797. The van der Waals surface area contributed by atoms with E-state index in [0.717, 1.165) is 42.9 Å². The highest BCUT2D eigenvalue weighted by molar-refractivity contribution is 7.71. The summed E-state index contributed by atoms with van der Waals surface area (Å²) >= 11 is 5.36. The van der Waals surface area contributed by atoms with E-state index in [-0.39, 0.29) is 0 Å². The highest BCUT2D eigenvalue weighted by Crippen LogP contribution is 2.19. The average molecular weight is 276 g/mol. The van der Waals surface area contributed by atoms with Crippen molar-refractivity contribution in [2.24, 2.45) is 0 Å². The van der Waals surface area contributed by atoms with Crippen LogP contribution in [0.4, 0.5) is 0 Å². The second-order valence-electron chi connectivity index (χ2n) is 4.55. The van der Waals surface area contributed by atoms with Crippen LogP contribution >= 0.6 is 12.2 Å². The zero-order valence-electron chi connectivity index (χ0n) is 11.3. The molecule has 0 aliphatic carbocycles. The Labute approximate surface area is 119 Å². The van der Waals surface area contributed by atoms with Gasteiger partial charge < -0.3 is 14.3 Å². The van der Waals surface area contributed by atoms with Gasteiger partial charge in [0.05, 0.1) is 5.69 Å². The molecule has 4 heteroatoms. The number of ether oxygens (including phenoxy) is 1. The molecular formula is C15H20N2OS. The molecule has 1 N–H and O–H groups in total. The maximum atomic E-state index is 5.36. The molecule has 1 aromatic carbocycles. The van der Waals surface area contributed by atoms with Gasteiger partial charge in [-0.3, -0.25) is 0 Å². The Morgan fingerprint density at radius 2 is 1.95 bits per heavy atom. The van der Waals surface area contributed by atoms with Crippen molar-refractivity contribution in [2.75, 3.05) is 13.7 Å². The molecule has 0 amide bonds. The predicted octanol–water partition coefficient (Wildman–Crippen LogP) is 4.03. The molecular weight excluding hydrogens is 256 g/mol. The lowest BCUT2D eigenvalue weighted by molar-refractivity contribution is 0.191. The first-order valence-corrected chi connectivity index (χ1v) is 7.06. The minimum atomic E-state index is 0.797. The fraction of sp³-hybridized carbons (Fsp3) is 0.400. The van der Waals surface area contributed by atoms with Gasteiger partial charge in [-0.25, -0.2) is 0 Å². The van der Waals surface area contributed by atoms with Gasteiger partial charge in [-0.1, -0.05) is 30.3 Å². The number of rotatable bonds is 7. The Morgan fingerprint density at radius 1 is 1.16 bits per heavy atom. The molecule has 102 valence electrons. The molecule has 0 unspecified atom stereocenters. The summed E-state index contributed by atoms with van der Waals surface area (Å²) in [6.07, 6.45) is 5.38. The van der Waals surface area contributed by atoms with Gasteiger partial charge in [-0.2, -0.15) is 0 Å². The lowest BCUT2D eigenvalue weighted by Crippen LogP contribution is -2.01. The van der Waals surface area contributed by atoms with Crippen LogP contribution in [-0.4, -0.2) is 23.3 Å². The minimum Gasteiger partial charge on any atom is -0.385 e. The van der Waals surface area contributed by atoms with Crippen molar-refractivity contribution in [3.05, 3.63) is 41.3 Å². The Bertz CT molecular complexity index is 545. The standard InChI is InChI=1S/C15H20N2OS/c1-18-11-7-3-6-10-17-14(12-16-15(17)19)13-8-4-2-5-9-13/h2,4-5,8-9,12H,3,6-7,10-11H2,1H3,(H,16,19). The first-order valence-electron chi connectivity index (χ1n) is 6.65. The second kappa shape index (κ2) is 7.26. The van der Waals surface area contributed by atoms with Crippen molar-refractivity contribution in [2.45, 2.75) is 25.8 Å². The Kier molecular flexibility index (Phi) is 5.36. The highest BCUT2D eigenvalue weighted by atomic mass is 32.1. The zero-order valence-corrected chi connectivity index (χ0v) is 12.1. The first kappa shape index (κ1) is 14.0. The third-order valence-corrected chi connectivity index (χ3v) is 3.51. The summed E-state index contributed by atoms with van der Waals surface area (Å²) in [5.41, 5.74) is 2.36. The van der Waals surface area contributed by atoms with Crippen molar-refractivity contribution in [1.29, 1.82) is 0 Å². The van der Waals surface area contributed by atoms with Crippen molar-refractivity contribution >= 4 is 12.2 Å². The number of hydrogen-bond donors (Lipinski definition) is 1. The first-order chi connectivity index (χ1) is 9.33. The summed E-state index contributed by atoms with van der Waals surface area (Å²) in [5, 5.41) is 0. The number of nitrogens with one attached hydrogen (secondary N) is 1. The van der Waals surface area contributed by atoms with E-state index >= 15 is 0 Å². The van der Waals surface area contributed by atoms with E-state index in [1.807, 2.05) is 24.4 Å². The van der Waals surface area contributed by atoms with Crippen LogP contribution in [0, 0.1) is 4.77 Å². The van der Waals surface area contributed by atoms with Gasteiger partial charge >= 0.3 is 0 Å². The number of methoxy groups -OCH3 is 1. The van der Waals surface area contributed by atoms with Crippen LogP contribution in [0.2, 0.25) is 0 Å². The summed E-state index contributed by atoms with van der Waals surface area (Å²) in [6, 6.07) is 10.3. The van der Waals surface area contributed by atoms with E-state index in [4.69, 9.17) is 17.0 Å². The normalized spacial score (nSPS) is 10.8. The molecule has 0 atom stereocenters. The van der Waals surface area contributed by atoms with Crippen LogP contribution in [-0.2, 0) is 11.3 Å². The number of unbranched alkanes of at least 4 members (excludes halogenated alkanes) is 2. The quantitative estimate of drug-likeness (QED) is 0.611.